The lowest BCUT2D eigenvalue weighted by atomic mass is 9.52. The van der Waals surface area contributed by atoms with E-state index in [0.29, 0.717) is 10.8 Å². The maximum absolute atomic E-state index is 6.11. The van der Waals surface area contributed by atoms with Gasteiger partial charge < -0.3 is 4.90 Å². The van der Waals surface area contributed by atoms with Crippen LogP contribution in [-0.2, 0) is 0 Å². The third-order valence-electron chi connectivity index (χ3n) is 7.63. The molecule has 1 aliphatic heterocycles. The van der Waals surface area contributed by atoms with Gasteiger partial charge in [-0.15, -0.1) is 0 Å². The Morgan fingerprint density at radius 1 is 0.862 bits per heavy atom. The maximum atomic E-state index is 6.11. The van der Waals surface area contributed by atoms with Crippen LogP contribution < -0.4 is 0 Å². The van der Waals surface area contributed by atoms with Gasteiger partial charge in [0.1, 0.15) is 0 Å². The fraction of sp³-hybridized carbons (Fsp3) is 0.480. The lowest BCUT2D eigenvalue weighted by Gasteiger charge is -2.60. The van der Waals surface area contributed by atoms with Gasteiger partial charge in [0, 0.05) is 17.1 Å². The van der Waals surface area contributed by atoms with Gasteiger partial charge >= 0.3 is 0 Å². The zero-order valence-electron chi connectivity index (χ0n) is 16.6. The molecule has 5 aliphatic rings. The Morgan fingerprint density at radius 3 is 2.10 bits per heavy atom. The van der Waals surface area contributed by atoms with Gasteiger partial charge in [0.15, 0.2) is 5.17 Å². The first kappa shape index (κ1) is 18.3. The molecule has 4 heteroatoms. The molecule has 4 bridgehead atoms. The van der Waals surface area contributed by atoms with E-state index in [1.165, 1.54) is 49.3 Å². The summed E-state index contributed by atoms with van der Waals surface area (Å²) in [6.07, 6.45) is 8.56. The summed E-state index contributed by atoms with van der Waals surface area (Å²) in [7, 11) is 0. The minimum atomic E-state index is 0.344. The maximum Gasteiger partial charge on any atom is 0.165 e. The number of benzene rings is 2. The van der Waals surface area contributed by atoms with Gasteiger partial charge in [0.2, 0.25) is 0 Å². The summed E-state index contributed by atoms with van der Waals surface area (Å²) in [5.41, 5.74) is 2.78. The first-order valence-electron chi connectivity index (χ1n) is 11.0. The average Bonchev–Trinajstić information content (AvgIpc) is 3.14. The van der Waals surface area contributed by atoms with Crippen LogP contribution in [0.4, 0.5) is 5.69 Å². The zero-order chi connectivity index (χ0) is 19.4. The van der Waals surface area contributed by atoms with Crippen LogP contribution in [0.15, 0.2) is 59.6 Å². The van der Waals surface area contributed by atoms with E-state index in [1.54, 1.807) is 0 Å². The Morgan fingerprint density at radius 2 is 1.48 bits per heavy atom. The third-order valence-corrected chi connectivity index (χ3v) is 9.11. The molecular weight excluding hydrogens is 396 g/mol. The molecule has 29 heavy (non-hydrogen) atoms. The predicted molar refractivity (Wildman–Crippen MR) is 123 cm³/mol. The Bertz CT molecular complexity index is 888. The molecule has 0 N–H and O–H groups in total. The molecular formula is C25H27ClN2S. The van der Waals surface area contributed by atoms with Crippen LogP contribution in [0.3, 0.4) is 0 Å². The molecule has 0 aromatic heterocycles. The van der Waals surface area contributed by atoms with Crippen molar-refractivity contribution in [2.75, 3.05) is 6.54 Å². The Hall–Kier alpha value is -1.45. The van der Waals surface area contributed by atoms with Crippen molar-refractivity contribution in [2.45, 2.75) is 49.3 Å². The van der Waals surface area contributed by atoms with Crippen LogP contribution >= 0.6 is 23.4 Å². The van der Waals surface area contributed by atoms with E-state index in [0.717, 1.165) is 35.0 Å². The normalized spacial score (nSPS) is 36.9. The van der Waals surface area contributed by atoms with E-state index >= 15 is 0 Å². The molecule has 2 aromatic rings. The van der Waals surface area contributed by atoms with Crippen molar-refractivity contribution in [1.82, 2.24) is 4.90 Å². The number of nitrogens with zero attached hydrogens (tertiary/aromatic N) is 2. The Labute approximate surface area is 182 Å². The molecule has 0 radical (unpaired) electrons. The summed E-state index contributed by atoms with van der Waals surface area (Å²) in [5.74, 6) is 2.83. The van der Waals surface area contributed by atoms with Crippen molar-refractivity contribution in [3.63, 3.8) is 0 Å². The number of rotatable bonds is 3. The molecule has 1 atom stereocenters. The quantitative estimate of drug-likeness (QED) is 0.524. The number of hydrogen-bond acceptors (Lipinski definition) is 2. The highest BCUT2D eigenvalue weighted by Crippen LogP contribution is 2.60. The van der Waals surface area contributed by atoms with Crippen LogP contribution in [0.2, 0.25) is 5.02 Å². The fourth-order valence-corrected chi connectivity index (χ4v) is 8.27. The van der Waals surface area contributed by atoms with Crippen molar-refractivity contribution in [3.8, 4) is 0 Å². The molecule has 0 amide bonds. The van der Waals surface area contributed by atoms with E-state index in [-0.39, 0.29) is 0 Å². The Kier molecular flexibility index (Phi) is 4.46. The van der Waals surface area contributed by atoms with Crippen LogP contribution in [-0.4, -0.2) is 22.2 Å². The van der Waals surface area contributed by atoms with E-state index in [1.807, 2.05) is 36.0 Å². The van der Waals surface area contributed by atoms with Crippen molar-refractivity contribution in [2.24, 2.45) is 22.7 Å². The number of aliphatic imine (C=N–C) groups is 1. The summed E-state index contributed by atoms with van der Waals surface area (Å²) in [5, 5.41) is 2.46. The monoisotopic (exact) mass is 422 g/mol. The summed E-state index contributed by atoms with van der Waals surface area (Å²) < 4.78 is 0. The second kappa shape index (κ2) is 7.06. The van der Waals surface area contributed by atoms with Gasteiger partial charge in [-0.2, -0.15) is 0 Å². The smallest absolute Gasteiger partial charge is 0.165 e. The van der Waals surface area contributed by atoms with Gasteiger partial charge in [0.05, 0.1) is 10.9 Å². The molecule has 1 heterocycles. The highest BCUT2D eigenvalue weighted by Gasteiger charge is 2.56. The molecule has 5 fully saturated rings. The summed E-state index contributed by atoms with van der Waals surface area (Å²) >= 11 is 8.07. The van der Waals surface area contributed by atoms with Crippen molar-refractivity contribution >= 4 is 34.2 Å². The van der Waals surface area contributed by atoms with Crippen LogP contribution in [0.1, 0.15) is 49.3 Å². The minimum absolute atomic E-state index is 0.344. The van der Waals surface area contributed by atoms with Crippen molar-refractivity contribution in [1.29, 1.82) is 0 Å². The molecule has 7 rings (SSSR count). The van der Waals surface area contributed by atoms with Crippen LogP contribution in [0.25, 0.3) is 0 Å². The fourth-order valence-electron chi connectivity index (χ4n) is 6.82. The van der Waals surface area contributed by atoms with Gasteiger partial charge in [-0.05, 0) is 86.1 Å². The van der Waals surface area contributed by atoms with Gasteiger partial charge in [-0.3, -0.25) is 0 Å². The molecule has 0 spiro atoms. The zero-order valence-corrected chi connectivity index (χ0v) is 18.2. The van der Waals surface area contributed by atoms with Crippen LogP contribution in [0, 0.1) is 17.8 Å². The molecule has 2 nitrogen and oxygen atoms in total. The lowest BCUT2D eigenvalue weighted by molar-refractivity contribution is -0.0596. The molecule has 1 saturated heterocycles. The second-order valence-electron chi connectivity index (χ2n) is 9.64. The summed E-state index contributed by atoms with van der Waals surface area (Å²) in [6, 6.07) is 19.0. The standard InChI is InChI=1S/C25H27ClN2S/c26-21-6-8-22(9-7-21)27-24-28(16-23(29-24)20-4-2-1-3-5-20)25-13-17-10-18(14-25)12-19(11-17)15-25/h1-9,17-19,23H,10-16H2/t17?,18?,19?,23-,25?/m1/s1. The SMILES string of the molecule is Clc1ccc(N=C2S[C@@H](c3ccccc3)CN2C23CC4CC(CC(C4)C2)C3)cc1. The van der Waals surface area contributed by atoms with Gasteiger partial charge in [-0.25, -0.2) is 4.99 Å². The van der Waals surface area contributed by atoms with E-state index < -0.39 is 0 Å². The molecule has 2 aromatic carbocycles. The number of amidine groups is 1. The summed E-state index contributed by atoms with van der Waals surface area (Å²) in [4.78, 5) is 7.90. The number of thioether (sulfide) groups is 1. The molecule has 150 valence electrons. The van der Waals surface area contributed by atoms with Crippen LogP contribution in [0.5, 0.6) is 0 Å². The third kappa shape index (κ3) is 3.31. The predicted octanol–water partition coefficient (Wildman–Crippen LogP) is 7.09. The largest absolute Gasteiger partial charge is 0.344 e. The highest BCUT2D eigenvalue weighted by atomic mass is 35.5. The highest BCUT2D eigenvalue weighted by molar-refractivity contribution is 8.14. The topological polar surface area (TPSA) is 15.6 Å². The first-order valence-corrected chi connectivity index (χ1v) is 12.3. The summed E-state index contributed by atoms with van der Waals surface area (Å²) in [6.45, 7) is 1.09. The Balaban J connectivity index is 1.38. The average molecular weight is 423 g/mol. The van der Waals surface area contributed by atoms with Gasteiger partial charge in [0.25, 0.3) is 0 Å². The van der Waals surface area contributed by atoms with Crippen molar-refractivity contribution < 1.29 is 0 Å². The van der Waals surface area contributed by atoms with Crippen molar-refractivity contribution in [3.05, 3.63) is 65.2 Å². The lowest BCUT2D eigenvalue weighted by Crippen LogP contribution is -2.60. The number of halogens is 1. The minimum Gasteiger partial charge on any atom is -0.344 e. The van der Waals surface area contributed by atoms with Gasteiger partial charge in [-0.1, -0.05) is 53.7 Å². The number of hydrogen-bond donors (Lipinski definition) is 0. The van der Waals surface area contributed by atoms with E-state index in [2.05, 4.69) is 35.2 Å². The van der Waals surface area contributed by atoms with E-state index in [4.69, 9.17) is 16.6 Å². The van der Waals surface area contributed by atoms with E-state index in [9.17, 15) is 0 Å². The molecule has 4 saturated carbocycles. The molecule has 4 aliphatic carbocycles. The first-order chi connectivity index (χ1) is 14.2. The molecule has 0 unspecified atom stereocenters. The second-order valence-corrected chi connectivity index (χ2v) is 11.2.